The van der Waals surface area contributed by atoms with E-state index in [1.807, 2.05) is 4.72 Å². The molecule has 2 atom stereocenters. The molecular formula is C21H23F2N3O7S. The molecule has 0 bridgehead atoms. The minimum absolute atomic E-state index is 0.312. The van der Waals surface area contributed by atoms with Gasteiger partial charge in [-0.15, -0.1) is 0 Å². The summed E-state index contributed by atoms with van der Waals surface area (Å²) in [6.07, 6.45) is -1.53. The van der Waals surface area contributed by atoms with E-state index in [1.54, 1.807) is 0 Å². The lowest BCUT2D eigenvalue weighted by Gasteiger charge is -2.21. The fraction of sp³-hybridized carbons (Fsp3) is 0.286. The van der Waals surface area contributed by atoms with E-state index in [0.29, 0.717) is 5.69 Å². The normalized spacial score (nSPS) is 13.0. The summed E-state index contributed by atoms with van der Waals surface area (Å²) in [5.41, 5.74) is 0.312. The molecule has 0 heterocycles. The van der Waals surface area contributed by atoms with Crippen molar-refractivity contribution in [3.05, 3.63) is 60.2 Å². The Kier molecular flexibility index (Phi) is 9.18. The van der Waals surface area contributed by atoms with E-state index in [9.17, 15) is 36.7 Å². The monoisotopic (exact) mass is 499 g/mol. The highest BCUT2D eigenvalue weighted by Gasteiger charge is 2.31. The summed E-state index contributed by atoms with van der Waals surface area (Å²) in [6.45, 7) is -0.113. The van der Waals surface area contributed by atoms with Gasteiger partial charge in [0.05, 0.1) is 17.5 Å². The van der Waals surface area contributed by atoms with Gasteiger partial charge in [0.2, 0.25) is 15.9 Å². The fourth-order valence-corrected chi connectivity index (χ4v) is 3.82. The van der Waals surface area contributed by atoms with Gasteiger partial charge in [-0.2, -0.15) is 4.72 Å². The van der Waals surface area contributed by atoms with E-state index in [1.165, 1.54) is 19.2 Å². The van der Waals surface area contributed by atoms with Crippen LogP contribution in [-0.4, -0.2) is 68.6 Å². The third kappa shape index (κ3) is 7.86. The number of amides is 2. The molecule has 0 radical (unpaired) electrons. The van der Waals surface area contributed by atoms with E-state index in [4.69, 9.17) is 4.74 Å². The SMILES string of the molecule is C[C@H](O)[C@@H](NS(=O)(=O)c1ccc(F)cc1)C(=O)OCC(=O)N(C)CC(=O)Nc1ccc(F)cc1. The number of likely N-dealkylation sites (N-methyl/N-ethyl adjacent to an activating group) is 1. The Balaban J connectivity index is 1.91. The number of anilines is 1. The predicted octanol–water partition coefficient (Wildman–Crippen LogP) is 0.633. The molecule has 0 aliphatic carbocycles. The number of benzene rings is 2. The standard InChI is InChI=1S/C21H23F2N3O7S/c1-13(27)20(25-34(31,32)17-9-5-15(23)6-10-17)21(30)33-12-19(29)26(2)11-18(28)24-16-7-3-14(22)4-8-16/h3-10,13,20,25,27H,11-12H2,1-2H3,(H,24,28)/t13-,20+/m0/s1. The molecule has 2 aromatic carbocycles. The second kappa shape index (κ2) is 11.6. The quantitative estimate of drug-likeness (QED) is 0.407. The number of aliphatic hydroxyl groups is 1. The molecule has 0 saturated heterocycles. The number of nitrogens with one attached hydrogen (secondary N) is 2. The van der Waals surface area contributed by atoms with Gasteiger partial charge in [0, 0.05) is 12.7 Å². The molecule has 0 aliphatic heterocycles. The first-order chi connectivity index (χ1) is 15.9. The summed E-state index contributed by atoms with van der Waals surface area (Å²) in [4.78, 5) is 37.1. The minimum atomic E-state index is -4.32. The zero-order valence-corrected chi connectivity index (χ0v) is 19.0. The first-order valence-electron chi connectivity index (χ1n) is 9.81. The lowest BCUT2D eigenvalue weighted by Crippen LogP contribution is -2.49. The maximum absolute atomic E-state index is 13.0. The molecule has 0 saturated carbocycles. The first-order valence-corrected chi connectivity index (χ1v) is 11.3. The summed E-state index contributed by atoms with van der Waals surface area (Å²) in [5, 5.41) is 12.3. The largest absolute Gasteiger partial charge is 0.454 e. The number of rotatable bonds is 10. The second-order valence-corrected chi connectivity index (χ2v) is 8.92. The number of carbonyl (C=O) groups excluding carboxylic acids is 3. The molecule has 13 heteroatoms. The van der Waals surface area contributed by atoms with Crippen molar-refractivity contribution in [2.24, 2.45) is 0 Å². The Hall–Kier alpha value is -3.42. The summed E-state index contributed by atoms with van der Waals surface area (Å²) < 4.78 is 57.5. The van der Waals surface area contributed by atoms with Crippen LogP contribution >= 0.6 is 0 Å². The number of carbonyl (C=O) groups is 3. The second-order valence-electron chi connectivity index (χ2n) is 7.21. The number of aliphatic hydroxyl groups excluding tert-OH is 1. The molecule has 0 unspecified atom stereocenters. The Labute approximate surface area is 194 Å². The zero-order chi connectivity index (χ0) is 25.5. The molecule has 10 nitrogen and oxygen atoms in total. The van der Waals surface area contributed by atoms with Crippen molar-refractivity contribution in [1.82, 2.24) is 9.62 Å². The number of sulfonamides is 1. The van der Waals surface area contributed by atoms with Gasteiger partial charge in [0.1, 0.15) is 17.7 Å². The van der Waals surface area contributed by atoms with Gasteiger partial charge in [0.15, 0.2) is 6.61 Å². The highest BCUT2D eigenvalue weighted by atomic mass is 32.2. The van der Waals surface area contributed by atoms with Crippen LogP contribution in [-0.2, 0) is 29.1 Å². The zero-order valence-electron chi connectivity index (χ0n) is 18.2. The van der Waals surface area contributed by atoms with Crippen LogP contribution < -0.4 is 10.0 Å². The van der Waals surface area contributed by atoms with Crippen molar-refractivity contribution >= 4 is 33.5 Å². The maximum Gasteiger partial charge on any atom is 0.327 e. The third-order valence-electron chi connectivity index (χ3n) is 4.41. The number of hydrogen-bond donors (Lipinski definition) is 3. The molecule has 34 heavy (non-hydrogen) atoms. The van der Waals surface area contributed by atoms with Crippen molar-refractivity contribution in [1.29, 1.82) is 0 Å². The van der Waals surface area contributed by atoms with E-state index in [-0.39, 0.29) is 4.90 Å². The molecule has 2 amide bonds. The summed E-state index contributed by atoms with van der Waals surface area (Å²) >= 11 is 0. The van der Waals surface area contributed by atoms with Gasteiger partial charge in [-0.3, -0.25) is 14.4 Å². The van der Waals surface area contributed by atoms with Gasteiger partial charge in [0.25, 0.3) is 5.91 Å². The van der Waals surface area contributed by atoms with E-state index < -0.39 is 64.7 Å². The van der Waals surface area contributed by atoms with E-state index >= 15 is 0 Å². The maximum atomic E-state index is 13.0. The van der Waals surface area contributed by atoms with Gasteiger partial charge < -0.3 is 20.1 Å². The van der Waals surface area contributed by atoms with Crippen molar-refractivity contribution < 1.29 is 41.4 Å². The average molecular weight is 499 g/mol. The first kappa shape index (κ1) is 26.8. The van der Waals surface area contributed by atoms with Gasteiger partial charge in [-0.05, 0) is 55.5 Å². The van der Waals surface area contributed by atoms with Crippen molar-refractivity contribution in [3.8, 4) is 0 Å². The van der Waals surface area contributed by atoms with E-state index in [2.05, 4.69) is 5.32 Å². The number of ether oxygens (including phenoxy) is 1. The van der Waals surface area contributed by atoms with Crippen LogP contribution in [0.15, 0.2) is 53.4 Å². The van der Waals surface area contributed by atoms with Gasteiger partial charge in [-0.25, -0.2) is 17.2 Å². The fourth-order valence-electron chi connectivity index (χ4n) is 2.56. The topological polar surface area (TPSA) is 142 Å². The minimum Gasteiger partial charge on any atom is -0.454 e. The predicted molar refractivity (Wildman–Crippen MR) is 116 cm³/mol. The lowest BCUT2D eigenvalue weighted by atomic mass is 10.2. The number of esters is 1. The van der Waals surface area contributed by atoms with E-state index in [0.717, 1.165) is 48.2 Å². The molecule has 0 aromatic heterocycles. The highest BCUT2D eigenvalue weighted by Crippen LogP contribution is 2.12. The van der Waals surface area contributed by atoms with Gasteiger partial charge >= 0.3 is 5.97 Å². The van der Waals surface area contributed by atoms with Crippen molar-refractivity contribution in [3.63, 3.8) is 0 Å². The van der Waals surface area contributed by atoms with Crippen molar-refractivity contribution in [2.45, 2.75) is 24.0 Å². The number of halogens is 2. The van der Waals surface area contributed by atoms with Crippen LogP contribution in [0.3, 0.4) is 0 Å². The molecule has 2 aromatic rings. The van der Waals surface area contributed by atoms with Crippen LogP contribution in [0.25, 0.3) is 0 Å². The molecule has 3 N–H and O–H groups in total. The number of hydrogen-bond acceptors (Lipinski definition) is 7. The molecule has 0 aliphatic rings. The molecule has 0 spiro atoms. The highest BCUT2D eigenvalue weighted by molar-refractivity contribution is 7.89. The summed E-state index contributed by atoms with van der Waals surface area (Å²) in [6, 6.07) is 6.96. The van der Waals surface area contributed by atoms with Crippen LogP contribution in [0, 0.1) is 11.6 Å². The van der Waals surface area contributed by atoms with Crippen LogP contribution in [0.2, 0.25) is 0 Å². The summed E-state index contributed by atoms with van der Waals surface area (Å²) in [5.74, 6) is -3.77. The smallest absolute Gasteiger partial charge is 0.327 e. The molecule has 0 fully saturated rings. The number of nitrogens with zero attached hydrogens (tertiary/aromatic N) is 1. The molecular weight excluding hydrogens is 476 g/mol. The lowest BCUT2D eigenvalue weighted by molar-refractivity contribution is -0.155. The van der Waals surface area contributed by atoms with Crippen LogP contribution in [0.1, 0.15) is 6.92 Å². The Morgan fingerprint density at radius 1 is 1.03 bits per heavy atom. The average Bonchev–Trinajstić information content (AvgIpc) is 2.77. The summed E-state index contributed by atoms with van der Waals surface area (Å²) in [7, 11) is -3.05. The Morgan fingerprint density at radius 3 is 2.09 bits per heavy atom. The molecule has 184 valence electrons. The third-order valence-corrected chi connectivity index (χ3v) is 5.87. The van der Waals surface area contributed by atoms with Crippen LogP contribution in [0.5, 0.6) is 0 Å². The van der Waals surface area contributed by atoms with Crippen molar-refractivity contribution in [2.75, 3.05) is 25.5 Å². The molecule has 2 rings (SSSR count). The Bertz CT molecular complexity index is 1120. The van der Waals surface area contributed by atoms with Crippen LogP contribution in [0.4, 0.5) is 14.5 Å². The van der Waals surface area contributed by atoms with Gasteiger partial charge in [-0.1, -0.05) is 0 Å². The Morgan fingerprint density at radius 2 is 1.56 bits per heavy atom.